The van der Waals surface area contributed by atoms with Gasteiger partial charge in [0.2, 0.25) is 0 Å². The number of ether oxygens (including phenoxy) is 2. The second-order valence-electron chi connectivity index (χ2n) is 4.47. The lowest BCUT2D eigenvalue weighted by Crippen LogP contribution is -2.26. The van der Waals surface area contributed by atoms with E-state index in [0.29, 0.717) is 19.0 Å². The molecule has 1 saturated heterocycles. The van der Waals surface area contributed by atoms with E-state index in [1.165, 1.54) is 0 Å². The Kier molecular flexibility index (Phi) is 3.86. The van der Waals surface area contributed by atoms with Gasteiger partial charge in [-0.05, 0) is 26.7 Å². The third kappa shape index (κ3) is 2.48. The molecule has 0 bridgehead atoms. The van der Waals surface area contributed by atoms with Crippen molar-refractivity contribution in [3.63, 3.8) is 0 Å². The summed E-state index contributed by atoms with van der Waals surface area (Å²) < 4.78 is 12.3. The minimum atomic E-state index is -0.464. The molecule has 2 heterocycles. The summed E-state index contributed by atoms with van der Waals surface area (Å²) in [5.74, 6) is -0.0820. The number of rotatable bonds is 3. The van der Waals surface area contributed by atoms with E-state index in [9.17, 15) is 4.79 Å². The van der Waals surface area contributed by atoms with Crippen molar-refractivity contribution in [1.82, 2.24) is 9.55 Å². The molecule has 6 nitrogen and oxygen atoms in total. The number of nitrogens with two attached hydrogens (primary N) is 1. The highest BCUT2D eigenvalue weighted by molar-refractivity contribution is 5.92. The lowest BCUT2D eigenvalue weighted by atomic mass is 10.0. The molecular weight excluding hydrogens is 234 g/mol. The van der Waals surface area contributed by atoms with Crippen molar-refractivity contribution in [2.24, 2.45) is 0 Å². The average molecular weight is 253 g/mol. The van der Waals surface area contributed by atoms with E-state index < -0.39 is 5.97 Å². The van der Waals surface area contributed by atoms with Gasteiger partial charge in [-0.25, -0.2) is 9.78 Å². The Morgan fingerprint density at radius 2 is 2.50 bits per heavy atom. The van der Waals surface area contributed by atoms with E-state index in [0.717, 1.165) is 12.8 Å². The summed E-state index contributed by atoms with van der Waals surface area (Å²) in [6, 6.07) is 0.240. The van der Waals surface area contributed by atoms with Crippen molar-refractivity contribution >= 4 is 11.8 Å². The molecule has 0 aromatic carbocycles. The Hall–Kier alpha value is -1.56. The van der Waals surface area contributed by atoms with E-state index in [2.05, 4.69) is 4.98 Å². The van der Waals surface area contributed by atoms with E-state index in [1.54, 1.807) is 13.3 Å². The van der Waals surface area contributed by atoms with Gasteiger partial charge in [-0.3, -0.25) is 0 Å². The third-order valence-corrected chi connectivity index (χ3v) is 3.15. The summed E-state index contributed by atoms with van der Waals surface area (Å²) >= 11 is 0. The molecule has 2 unspecified atom stereocenters. The number of carbonyl (C=O) groups excluding carboxylic acids is 1. The first-order valence-corrected chi connectivity index (χ1v) is 6.24. The van der Waals surface area contributed by atoms with Crippen molar-refractivity contribution in [3.8, 4) is 0 Å². The Labute approximate surface area is 106 Å². The highest BCUT2D eigenvalue weighted by atomic mass is 16.5. The maximum atomic E-state index is 11.6. The second-order valence-corrected chi connectivity index (χ2v) is 4.47. The number of anilines is 1. The zero-order valence-corrected chi connectivity index (χ0v) is 10.8. The van der Waals surface area contributed by atoms with E-state index in [4.69, 9.17) is 15.2 Å². The van der Waals surface area contributed by atoms with Gasteiger partial charge in [0.1, 0.15) is 5.82 Å². The van der Waals surface area contributed by atoms with Crippen LogP contribution in [0, 0.1) is 0 Å². The minimum absolute atomic E-state index is 0.205. The summed E-state index contributed by atoms with van der Waals surface area (Å²) in [7, 11) is 0. The molecule has 2 N–H and O–H groups in total. The van der Waals surface area contributed by atoms with Crippen molar-refractivity contribution in [3.05, 3.63) is 12.0 Å². The molecule has 2 rings (SSSR count). The predicted molar refractivity (Wildman–Crippen MR) is 66.3 cm³/mol. The molecule has 0 radical (unpaired) electrons. The Morgan fingerprint density at radius 1 is 1.72 bits per heavy atom. The molecule has 0 saturated carbocycles. The lowest BCUT2D eigenvalue weighted by Gasteiger charge is -2.28. The fraction of sp³-hybridized carbons (Fsp3) is 0.667. The van der Waals surface area contributed by atoms with Crippen LogP contribution in [0.3, 0.4) is 0 Å². The van der Waals surface area contributed by atoms with Crippen molar-refractivity contribution in [2.75, 3.05) is 18.9 Å². The molecular formula is C12H19N3O3. The highest BCUT2D eigenvalue weighted by Gasteiger charge is 2.25. The standard InChI is InChI=1S/C12H19N3O3/c1-3-17-12(16)10-11(13)15(7-14-10)9-4-5-18-8(2)6-9/h7-9H,3-6,13H2,1-2H3. The number of esters is 1. The van der Waals surface area contributed by atoms with Gasteiger partial charge in [0, 0.05) is 12.6 Å². The molecule has 0 spiro atoms. The maximum absolute atomic E-state index is 11.6. The molecule has 2 atom stereocenters. The van der Waals surface area contributed by atoms with Crippen LogP contribution >= 0.6 is 0 Å². The number of imidazole rings is 1. The van der Waals surface area contributed by atoms with Gasteiger partial charge >= 0.3 is 5.97 Å². The van der Waals surface area contributed by atoms with Crippen molar-refractivity contribution in [1.29, 1.82) is 0 Å². The molecule has 0 amide bonds. The summed E-state index contributed by atoms with van der Waals surface area (Å²) in [6.45, 7) is 4.81. The highest BCUT2D eigenvalue weighted by Crippen LogP contribution is 2.28. The monoisotopic (exact) mass is 253 g/mol. The molecule has 1 aromatic rings. The molecule has 1 aromatic heterocycles. The molecule has 1 aliphatic heterocycles. The SMILES string of the molecule is CCOC(=O)c1ncn(C2CCOC(C)C2)c1N. The van der Waals surface area contributed by atoms with Gasteiger partial charge < -0.3 is 19.8 Å². The van der Waals surface area contributed by atoms with Crippen LogP contribution in [-0.2, 0) is 9.47 Å². The van der Waals surface area contributed by atoms with Gasteiger partial charge in [0.25, 0.3) is 0 Å². The molecule has 1 fully saturated rings. The van der Waals surface area contributed by atoms with Gasteiger partial charge in [0.05, 0.1) is 19.0 Å². The summed E-state index contributed by atoms with van der Waals surface area (Å²) in [5.41, 5.74) is 6.17. The average Bonchev–Trinajstić information content (AvgIpc) is 2.71. The first-order valence-electron chi connectivity index (χ1n) is 6.24. The summed E-state index contributed by atoms with van der Waals surface area (Å²) in [6.07, 6.45) is 3.58. The van der Waals surface area contributed by atoms with Gasteiger partial charge in [-0.15, -0.1) is 0 Å². The number of hydrogen-bond acceptors (Lipinski definition) is 5. The summed E-state index contributed by atoms with van der Waals surface area (Å²) in [5, 5.41) is 0. The van der Waals surface area contributed by atoms with E-state index in [1.807, 2.05) is 11.5 Å². The molecule has 6 heteroatoms. The lowest BCUT2D eigenvalue weighted by molar-refractivity contribution is 0.00634. The molecule has 18 heavy (non-hydrogen) atoms. The number of nitrogen functional groups attached to an aromatic ring is 1. The Morgan fingerprint density at radius 3 is 3.17 bits per heavy atom. The zero-order valence-electron chi connectivity index (χ0n) is 10.8. The minimum Gasteiger partial charge on any atom is -0.461 e. The van der Waals surface area contributed by atoms with Crippen LogP contribution in [0.25, 0.3) is 0 Å². The topological polar surface area (TPSA) is 79.4 Å². The van der Waals surface area contributed by atoms with Crippen LogP contribution in [0.1, 0.15) is 43.2 Å². The number of carbonyl (C=O) groups is 1. The third-order valence-electron chi connectivity index (χ3n) is 3.15. The van der Waals surface area contributed by atoms with Crippen molar-refractivity contribution in [2.45, 2.75) is 38.8 Å². The van der Waals surface area contributed by atoms with Crippen LogP contribution in [0.2, 0.25) is 0 Å². The number of hydrogen-bond donors (Lipinski definition) is 1. The van der Waals surface area contributed by atoms with Crippen molar-refractivity contribution < 1.29 is 14.3 Å². The van der Waals surface area contributed by atoms with Gasteiger partial charge in [0.15, 0.2) is 5.69 Å². The normalized spacial score (nSPS) is 23.9. The molecule has 1 aliphatic rings. The smallest absolute Gasteiger partial charge is 0.360 e. The Bertz CT molecular complexity index is 430. The van der Waals surface area contributed by atoms with Gasteiger partial charge in [-0.2, -0.15) is 0 Å². The Balaban J connectivity index is 2.17. The fourth-order valence-electron chi connectivity index (χ4n) is 2.25. The summed E-state index contributed by atoms with van der Waals surface area (Å²) in [4.78, 5) is 15.7. The van der Waals surface area contributed by atoms with Crippen LogP contribution in [0.5, 0.6) is 0 Å². The number of nitrogens with zero attached hydrogens (tertiary/aromatic N) is 2. The first kappa shape index (κ1) is 12.9. The van der Waals surface area contributed by atoms with E-state index in [-0.39, 0.29) is 17.8 Å². The van der Waals surface area contributed by atoms with E-state index >= 15 is 0 Å². The number of aromatic nitrogens is 2. The first-order chi connectivity index (χ1) is 8.63. The van der Waals surface area contributed by atoms with Crippen LogP contribution < -0.4 is 5.73 Å². The maximum Gasteiger partial charge on any atom is 0.360 e. The molecule has 100 valence electrons. The quantitative estimate of drug-likeness (QED) is 0.823. The zero-order chi connectivity index (χ0) is 13.1. The van der Waals surface area contributed by atoms with Crippen LogP contribution in [0.4, 0.5) is 5.82 Å². The second kappa shape index (κ2) is 5.39. The van der Waals surface area contributed by atoms with Crippen LogP contribution in [-0.4, -0.2) is 34.8 Å². The molecule has 0 aliphatic carbocycles. The van der Waals surface area contributed by atoms with Gasteiger partial charge in [-0.1, -0.05) is 0 Å². The fourth-order valence-corrected chi connectivity index (χ4v) is 2.25. The predicted octanol–water partition coefficient (Wildman–Crippen LogP) is 1.38. The van der Waals surface area contributed by atoms with Crippen LogP contribution in [0.15, 0.2) is 6.33 Å². The largest absolute Gasteiger partial charge is 0.461 e.